The number of rotatable bonds is 5. The van der Waals surface area contributed by atoms with Gasteiger partial charge in [0.25, 0.3) is 0 Å². The largest absolute Gasteiger partial charge is 0.372 e. The highest BCUT2D eigenvalue weighted by atomic mass is 16.5. The Balaban J connectivity index is 1.79. The molecule has 0 saturated heterocycles. The second-order valence-corrected chi connectivity index (χ2v) is 6.87. The van der Waals surface area contributed by atoms with E-state index in [2.05, 4.69) is 19.2 Å². The van der Waals surface area contributed by atoms with Gasteiger partial charge < -0.3 is 10.1 Å². The van der Waals surface area contributed by atoms with E-state index in [0.717, 1.165) is 6.54 Å². The maximum atomic E-state index is 6.47. The summed E-state index contributed by atoms with van der Waals surface area (Å²) in [6, 6.07) is 0. The molecular formula is C15H29NO. The first-order valence-electron chi connectivity index (χ1n) is 7.38. The van der Waals surface area contributed by atoms with Crippen molar-refractivity contribution in [2.75, 3.05) is 13.6 Å². The molecule has 0 aromatic carbocycles. The molecule has 0 unspecified atom stereocenters. The molecule has 0 atom stereocenters. The second kappa shape index (κ2) is 5.27. The molecule has 0 spiro atoms. The van der Waals surface area contributed by atoms with Crippen LogP contribution in [0.15, 0.2) is 0 Å². The van der Waals surface area contributed by atoms with Gasteiger partial charge in [0.1, 0.15) is 0 Å². The van der Waals surface area contributed by atoms with Crippen LogP contribution in [0.4, 0.5) is 0 Å². The standard InChI is InChI=1S/C15H29NO/c1-14(2)9-5-13(6-10-14)17-15(7-4-8-15)11-12-16-3/h13,16H,4-12H2,1-3H3. The molecule has 2 aliphatic rings. The third kappa shape index (κ3) is 3.45. The van der Waals surface area contributed by atoms with Gasteiger partial charge in [-0.2, -0.15) is 0 Å². The zero-order valence-corrected chi connectivity index (χ0v) is 11.8. The molecule has 100 valence electrons. The summed E-state index contributed by atoms with van der Waals surface area (Å²) in [6.45, 7) is 5.88. The summed E-state index contributed by atoms with van der Waals surface area (Å²) in [7, 11) is 2.04. The Hall–Kier alpha value is -0.0800. The molecule has 1 N–H and O–H groups in total. The van der Waals surface area contributed by atoms with Gasteiger partial charge in [-0.25, -0.2) is 0 Å². The highest BCUT2D eigenvalue weighted by molar-refractivity contribution is 4.92. The zero-order valence-electron chi connectivity index (χ0n) is 11.8. The molecular weight excluding hydrogens is 210 g/mol. The van der Waals surface area contributed by atoms with Gasteiger partial charge in [-0.3, -0.25) is 0 Å². The normalized spacial score (nSPS) is 27.7. The average molecular weight is 239 g/mol. The molecule has 2 heteroatoms. The summed E-state index contributed by atoms with van der Waals surface area (Å²) < 4.78 is 6.47. The van der Waals surface area contributed by atoms with Gasteiger partial charge in [-0.15, -0.1) is 0 Å². The van der Waals surface area contributed by atoms with Crippen LogP contribution in [-0.2, 0) is 4.74 Å². The molecule has 2 nitrogen and oxygen atoms in total. The summed E-state index contributed by atoms with van der Waals surface area (Å²) in [5, 5.41) is 3.26. The van der Waals surface area contributed by atoms with Crippen LogP contribution < -0.4 is 5.32 Å². The second-order valence-electron chi connectivity index (χ2n) is 6.87. The predicted octanol–water partition coefficient (Wildman–Crippen LogP) is 3.50. The van der Waals surface area contributed by atoms with Crippen molar-refractivity contribution in [1.82, 2.24) is 5.32 Å². The monoisotopic (exact) mass is 239 g/mol. The van der Waals surface area contributed by atoms with Crippen molar-refractivity contribution in [3.8, 4) is 0 Å². The Bertz CT molecular complexity index is 235. The molecule has 0 heterocycles. The summed E-state index contributed by atoms with van der Waals surface area (Å²) in [5.74, 6) is 0. The van der Waals surface area contributed by atoms with Crippen molar-refractivity contribution < 1.29 is 4.74 Å². The van der Waals surface area contributed by atoms with Crippen LogP contribution in [0.3, 0.4) is 0 Å². The van der Waals surface area contributed by atoms with Crippen LogP contribution in [0, 0.1) is 5.41 Å². The summed E-state index contributed by atoms with van der Waals surface area (Å²) in [6.07, 6.45) is 10.9. The topological polar surface area (TPSA) is 21.3 Å². The van der Waals surface area contributed by atoms with Gasteiger partial charge in [-0.05, 0) is 70.4 Å². The summed E-state index contributed by atoms with van der Waals surface area (Å²) >= 11 is 0. The summed E-state index contributed by atoms with van der Waals surface area (Å²) in [4.78, 5) is 0. The molecule has 0 aromatic rings. The lowest BCUT2D eigenvalue weighted by Crippen LogP contribution is -2.46. The minimum Gasteiger partial charge on any atom is -0.372 e. The maximum absolute atomic E-state index is 6.47. The first-order valence-corrected chi connectivity index (χ1v) is 7.38. The fourth-order valence-electron chi connectivity index (χ4n) is 3.19. The van der Waals surface area contributed by atoms with Crippen LogP contribution in [0.5, 0.6) is 0 Å². The van der Waals surface area contributed by atoms with E-state index in [9.17, 15) is 0 Å². The Morgan fingerprint density at radius 2 is 1.76 bits per heavy atom. The Morgan fingerprint density at radius 1 is 1.12 bits per heavy atom. The SMILES string of the molecule is CNCCC1(OC2CCC(C)(C)CC2)CCC1. The predicted molar refractivity (Wildman–Crippen MR) is 72.2 cm³/mol. The molecule has 0 amide bonds. The van der Waals surface area contributed by atoms with Crippen LogP contribution >= 0.6 is 0 Å². The maximum Gasteiger partial charge on any atom is 0.0698 e. The van der Waals surface area contributed by atoms with Crippen LogP contribution in [0.2, 0.25) is 0 Å². The minimum absolute atomic E-state index is 0.245. The molecule has 17 heavy (non-hydrogen) atoms. The smallest absolute Gasteiger partial charge is 0.0698 e. The summed E-state index contributed by atoms with van der Waals surface area (Å²) in [5.41, 5.74) is 0.798. The van der Waals surface area contributed by atoms with E-state index in [-0.39, 0.29) is 5.60 Å². The van der Waals surface area contributed by atoms with Gasteiger partial charge in [0.15, 0.2) is 0 Å². The van der Waals surface area contributed by atoms with E-state index in [1.54, 1.807) is 0 Å². The number of hydrogen-bond donors (Lipinski definition) is 1. The van der Waals surface area contributed by atoms with Gasteiger partial charge in [0.2, 0.25) is 0 Å². The van der Waals surface area contributed by atoms with E-state index in [0.29, 0.717) is 11.5 Å². The van der Waals surface area contributed by atoms with Crippen molar-refractivity contribution in [3.63, 3.8) is 0 Å². The quantitative estimate of drug-likeness (QED) is 0.793. The number of hydrogen-bond acceptors (Lipinski definition) is 2. The molecule has 0 radical (unpaired) electrons. The third-order valence-electron chi connectivity index (χ3n) is 4.80. The Kier molecular flexibility index (Phi) is 4.14. The van der Waals surface area contributed by atoms with Gasteiger partial charge >= 0.3 is 0 Å². The third-order valence-corrected chi connectivity index (χ3v) is 4.80. The van der Waals surface area contributed by atoms with Gasteiger partial charge in [-0.1, -0.05) is 13.8 Å². The Morgan fingerprint density at radius 3 is 2.24 bits per heavy atom. The van der Waals surface area contributed by atoms with E-state index in [1.165, 1.54) is 51.4 Å². The van der Waals surface area contributed by atoms with Gasteiger partial charge in [0, 0.05) is 0 Å². The lowest BCUT2D eigenvalue weighted by Gasteiger charge is -2.46. The van der Waals surface area contributed by atoms with Crippen LogP contribution in [0.1, 0.15) is 65.2 Å². The highest BCUT2D eigenvalue weighted by Gasteiger charge is 2.40. The van der Waals surface area contributed by atoms with E-state index >= 15 is 0 Å². The fraction of sp³-hybridized carbons (Fsp3) is 1.00. The molecule has 0 bridgehead atoms. The lowest BCUT2D eigenvalue weighted by atomic mass is 9.74. The minimum atomic E-state index is 0.245. The fourth-order valence-corrected chi connectivity index (χ4v) is 3.19. The molecule has 0 aromatic heterocycles. The van der Waals surface area contributed by atoms with Crippen LogP contribution in [-0.4, -0.2) is 25.3 Å². The average Bonchev–Trinajstić information content (AvgIpc) is 2.24. The van der Waals surface area contributed by atoms with E-state index in [4.69, 9.17) is 4.74 Å². The van der Waals surface area contributed by atoms with Crippen molar-refractivity contribution in [2.45, 2.75) is 76.9 Å². The van der Waals surface area contributed by atoms with Crippen molar-refractivity contribution in [1.29, 1.82) is 0 Å². The van der Waals surface area contributed by atoms with Gasteiger partial charge in [0.05, 0.1) is 11.7 Å². The number of nitrogens with one attached hydrogen (secondary N) is 1. The van der Waals surface area contributed by atoms with E-state index in [1.807, 2.05) is 7.05 Å². The van der Waals surface area contributed by atoms with Crippen molar-refractivity contribution >= 4 is 0 Å². The molecule has 2 fully saturated rings. The van der Waals surface area contributed by atoms with Crippen molar-refractivity contribution in [3.05, 3.63) is 0 Å². The van der Waals surface area contributed by atoms with E-state index < -0.39 is 0 Å². The van der Waals surface area contributed by atoms with Crippen molar-refractivity contribution in [2.24, 2.45) is 5.41 Å². The molecule has 2 rings (SSSR count). The zero-order chi connectivity index (χ0) is 12.4. The number of ether oxygens (including phenoxy) is 1. The first kappa shape index (κ1) is 13.4. The molecule has 2 saturated carbocycles. The highest BCUT2D eigenvalue weighted by Crippen LogP contribution is 2.43. The Labute approximate surface area is 107 Å². The lowest BCUT2D eigenvalue weighted by molar-refractivity contribution is -0.156. The molecule has 0 aliphatic heterocycles. The van der Waals surface area contributed by atoms with Crippen LogP contribution in [0.25, 0.3) is 0 Å². The first-order chi connectivity index (χ1) is 8.05. The molecule has 2 aliphatic carbocycles.